The molecule has 4 rings (SSSR count). The predicted molar refractivity (Wildman–Crippen MR) is 115 cm³/mol. The maximum Gasteiger partial charge on any atom is 0.340 e. The van der Waals surface area contributed by atoms with Crippen molar-refractivity contribution in [3.63, 3.8) is 0 Å². The molecule has 1 aliphatic heterocycles. The second-order valence-electron chi connectivity index (χ2n) is 8.72. The molecule has 8 heteroatoms. The number of hydrogen-bond acceptors (Lipinski definition) is 4. The van der Waals surface area contributed by atoms with E-state index in [2.05, 4.69) is 4.74 Å². The van der Waals surface area contributed by atoms with Gasteiger partial charge in [0.15, 0.2) is 5.67 Å². The zero-order valence-electron chi connectivity index (χ0n) is 18.0. The molecule has 1 unspecified atom stereocenters. The van der Waals surface area contributed by atoms with E-state index in [-0.39, 0.29) is 43.8 Å². The lowest BCUT2D eigenvalue weighted by molar-refractivity contribution is -0.104. The highest BCUT2D eigenvalue weighted by Crippen LogP contribution is 2.43. The average Bonchev–Trinajstić information content (AvgIpc) is 3.55. The molecule has 2 aromatic carbocycles. The highest BCUT2D eigenvalue weighted by atomic mass is 35.5. The Labute approximate surface area is 190 Å². The van der Waals surface area contributed by atoms with Gasteiger partial charge in [0.25, 0.3) is 0 Å². The lowest BCUT2D eigenvalue weighted by Gasteiger charge is -2.47. The van der Waals surface area contributed by atoms with Crippen LogP contribution in [0.15, 0.2) is 30.3 Å². The maximum atomic E-state index is 15.1. The number of halogens is 4. The molecule has 2 fully saturated rings. The Hall–Kier alpha value is -2.09. The van der Waals surface area contributed by atoms with Crippen LogP contribution in [0.4, 0.5) is 13.2 Å². The van der Waals surface area contributed by atoms with E-state index in [1.807, 2.05) is 11.8 Å². The number of methoxy groups -OCH3 is 1. The van der Waals surface area contributed by atoms with Crippen molar-refractivity contribution in [3.05, 3.63) is 69.2 Å². The quantitative estimate of drug-likeness (QED) is 0.475. The summed E-state index contributed by atoms with van der Waals surface area (Å²) in [5.74, 6) is -1.56. The molecule has 0 aromatic heterocycles. The molecule has 2 aromatic rings. The van der Waals surface area contributed by atoms with Gasteiger partial charge in [0.05, 0.1) is 25.9 Å². The standard InChI is InChI=1S/C24H25ClF3NO3/c1-14(16-5-18(25)8-19(26)6-16)29-11-24(28,12-29)13-32-10-17-7-22(27)21(23(30)31-2)9-20(17)15-3-4-15/h5-9,14-15H,3-4,10-13H2,1-2H3. The molecular formula is C24H25ClF3NO3. The van der Waals surface area contributed by atoms with Gasteiger partial charge in [-0.3, -0.25) is 4.90 Å². The largest absolute Gasteiger partial charge is 0.465 e. The van der Waals surface area contributed by atoms with Gasteiger partial charge < -0.3 is 9.47 Å². The summed E-state index contributed by atoms with van der Waals surface area (Å²) in [6, 6.07) is 6.94. The molecular weight excluding hydrogens is 443 g/mol. The number of hydrogen-bond donors (Lipinski definition) is 0. The molecule has 0 bridgehead atoms. The van der Waals surface area contributed by atoms with E-state index in [0.717, 1.165) is 18.4 Å². The minimum absolute atomic E-state index is 0.0605. The third-order valence-corrected chi connectivity index (χ3v) is 6.38. The van der Waals surface area contributed by atoms with Crippen molar-refractivity contribution in [2.45, 2.75) is 44.0 Å². The van der Waals surface area contributed by atoms with E-state index in [0.29, 0.717) is 16.1 Å². The molecule has 0 radical (unpaired) electrons. The van der Waals surface area contributed by atoms with Crippen molar-refractivity contribution in [1.82, 2.24) is 4.90 Å². The van der Waals surface area contributed by atoms with Gasteiger partial charge in [0, 0.05) is 24.2 Å². The van der Waals surface area contributed by atoms with E-state index in [1.54, 1.807) is 6.07 Å². The molecule has 1 heterocycles. The molecule has 1 saturated heterocycles. The lowest BCUT2D eigenvalue weighted by Crippen LogP contribution is -2.61. The van der Waals surface area contributed by atoms with E-state index < -0.39 is 23.3 Å². The monoisotopic (exact) mass is 467 g/mol. The summed E-state index contributed by atoms with van der Waals surface area (Å²) >= 11 is 5.92. The fourth-order valence-electron chi connectivity index (χ4n) is 4.21. The van der Waals surface area contributed by atoms with Gasteiger partial charge in [-0.15, -0.1) is 0 Å². The van der Waals surface area contributed by atoms with Crippen molar-refractivity contribution < 1.29 is 27.4 Å². The Bertz CT molecular complexity index is 1000. The number of carbonyl (C=O) groups excluding carboxylic acids is 1. The Balaban J connectivity index is 1.35. The van der Waals surface area contributed by atoms with Gasteiger partial charge in [0.2, 0.25) is 0 Å². The Morgan fingerprint density at radius 1 is 1.22 bits per heavy atom. The number of ether oxygens (including phenoxy) is 2. The highest BCUT2D eigenvalue weighted by molar-refractivity contribution is 6.30. The maximum absolute atomic E-state index is 15.1. The summed E-state index contributed by atoms with van der Waals surface area (Å²) in [6.07, 6.45) is 1.92. The van der Waals surface area contributed by atoms with Crippen LogP contribution in [-0.2, 0) is 16.1 Å². The van der Waals surface area contributed by atoms with Crippen molar-refractivity contribution in [1.29, 1.82) is 0 Å². The van der Waals surface area contributed by atoms with Gasteiger partial charge in [-0.2, -0.15) is 0 Å². The molecule has 0 spiro atoms. The topological polar surface area (TPSA) is 38.8 Å². The van der Waals surface area contributed by atoms with Crippen molar-refractivity contribution in [3.8, 4) is 0 Å². The fraction of sp³-hybridized carbons (Fsp3) is 0.458. The minimum Gasteiger partial charge on any atom is -0.465 e. The zero-order chi connectivity index (χ0) is 23.0. The number of esters is 1. The van der Waals surface area contributed by atoms with Gasteiger partial charge in [0.1, 0.15) is 11.6 Å². The van der Waals surface area contributed by atoms with E-state index in [1.165, 1.54) is 31.4 Å². The Morgan fingerprint density at radius 2 is 1.94 bits per heavy atom. The smallest absolute Gasteiger partial charge is 0.340 e. The molecule has 2 aliphatic rings. The molecule has 0 amide bonds. The number of benzene rings is 2. The number of carbonyl (C=O) groups is 1. The SMILES string of the molecule is COC(=O)c1cc(C2CC2)c(COCC2(F)CN(C(C)c3cc(F)cc(Cl)c3)C2)cc1F. The zero-order valence-corrected chi connectivity index (χ0v) is 18.7. The first-order valence-electron chi connectivity index (χ1n) is 10.6. The van der Waals surface area contributed by atoms with Crippen LogP contribution in [0.5, 0.6) is 0 Å². The molecule has 32 heavy (non-hydrogen) atoms. The van der Waals surface area contributed by atoms with Crippen LogP contribution >= 0.6 is 11.6 Å². The van der Waals surface area contributed by atoms with E-state index in [9.17, 15) is 13.6 Å². The van der Waals surface area contributed by atoms with Crippen molar-refractivity contribution >= 4 is 17.6 Å². The Morgan fingerprint density at radius 3 is 2.56 bits per heavy atom. The second kappa shape index (κ2) is 9.04. The van der Waals surface area contributed by atoms with Crippen molar-refractivity contribution in [2.24, 2.45) is 0 Å². The predicted octanol–water partition coefficient (Wildman–Crippen LogP) is 5.58. The molecule has 172 valence electrons. The first-order valence-corrected chi connectivity index (χ1v) is 10.9. The van der Waals surface area contributed by atoms with Crippen molar-refractivity contribution in [2.75, 3.05) is 26.8 Å². The van der Waals surface area contributed by atoms with Crippen LogP contribution in [0, 0.1) is 11.6 Å². The average molecular weight is 468 g/mol. The first kappa shape index (κ1) is 23.1. The van der Waals surface area contributed by atoms with Gasteiger partial charge in [-0.25, -0.2) is 18.0 Å². The van der Waals surface area contributed by atoms with Gasteiger partial charge in [-0.05, 0) is 72.7 Å². The summed E-state index contributed by atoms with van der Waals surface area (Å²) in [4.78, 5) is 13.7. The van der Waals surface area contributed by atoms with Crippen LogP contribution in [0.25, 0.3) is 0 Å². The Kier molecular flexibility index (Phi) is 6.52. The second-order valence-corrected chi connectivity index (χ2v) is 9.16. The van der Waals surface area contributed by atoms with Crippen LogP contribution in [0.2, 0.25) is 5.02 Å². The van der Waals surface area contributed by atoms with Gasteiger partial charge in [-0.1, -0.05) is 11.6 Å². The number of alkyl halides is 1. The van der Waals surface area contributed by atoms with Crippen LogP contribution in [0.1, 0.15) is 58.8 Å². The van der Waals surface area contributed by atoms with Crippen LogP contribution < -0.4 is 0 Å². The van der Waals surface area contributed by atoms with Gasteiger partial charge >= 0.3 is 5.97 Å². The fourth-order valence-corrected chi connectivity index (χ4v) is 4.45. The molecule has 0 N–H and O–H groups in total. The molecule has 1 aliphatic carbocycles. The number of rotatable bonds is 8. The van der Waals surface area contributed by atoms with Crippen LogP contribution in [-0.4, -0.2) is 43.3 Å². The van der Waals surface area contributed by atoms with Crippen LogP contribution in [0.3, 0.4) is 0 Å². The summed E-state index contributed by atoms with van der Waals surface area (Å²) in [5.41, 5.74) is 0.538. The first-order chi connectivity index (χ1) is 15.2. The molecule has 1 atom stereocenters. The lowest BCUT2D eigenvalue weighted by atomic mass is 9.93. The highest BCUT2D eigenvalue weighted by Gasteiger charge is 2.46. The normalized spacial score (nSPS) is 18.8. The number of likely N-dealkylation sites (tertiary alicyclic amines) is 1. The third-order valence-electron chi connectivity index (χ3n) is 6.16. The summed E-state index contributed by atoms with van der Waals surface area (Å²) in [5, 5.41) is 0.305. The summed E-state index contributed by atoms with van der Waals surface area (Å²) in [6.45, 7) is 2.09. The minimum atomic E-state index is -1.53. The third kappa shape index (κ3) is 4.95. The number of nitrogens with zero attached hydrogens (tertiary/aromatic N) is 1. The molecule has 1 saturated carbocycles. The summed E-state index contributed by atoms with van der Waals surface area (Å²) in [7, 11) is 1.21. The van der Waals surface area contributed by atoms with E-state index in [4.69, 9.17) is 16.3 Å². The summed E-state index contributed by atoms with van der Waals surface area (Å²) < 4.78 is 53.3. The molecule has 4 nitrogen and oxygen atoms in total. The van der Waals surface area contributed by atoms with E-state index >= 15 is 4.39 Å².